The summed E-state index contributed by atoms with van der Waals surface area (Å²) < 4.78 is 36.3. The first-order valence-corrected chi connectivity index (χ1v) is 7.49. The van der Waals surface area contributed by atoms with Crippen LogP contribution in [0.3, 0.4) is 0 Å². The van der Waals surface area contributed by atoms with E-state index < -0.39 is 10.0 Å². The van der Waals surface area contributed by atoms with Gasteiger partial charge in [0.2, 0.25) is 10.0 Å². The van der Waals surface area contributed by atoms with Gasteiger partial charge in [0.05, 0.1) is 25.2 Å². The number of hydrogen-bond acceptors (Lipinski definition) is 4. The van der Waals surface area contributed by atoms with Gasteiger partial charge in [-0.3, -0.25) is 4.72 Å². The van der Waals surface area contributed by atoms with E-state index in [1.165, 1.54) is 0 Å². The van der Waals surface area contributed by atoms with Gasteiger partial charge in [-0.2, -0.15) is 0 Å². The SMILES string of the molecule is CCCS(=O)(=O)Nc1ccc(OC)c(OCC)c1. The van der Waals surface area contributed by atoms with Gasteiger partial charge in [0.1, 0.15) is 0 Å². The van der Waals surface area contributed by atoms with E-state index in [4.69, 9.17) is 9.47 Å². The third-order valence-corrected chi connectivity index (χ3v) is 3.70. The molecule has 1 aromatic carbocycles. The number of rotatable bonds is 7. The first-order chi connectivity index (χ1) is 8.52. The van der Waals surface area contributed by atoms with E-state index in [0.717, 1.165) is 0 Å². The van der Waals surface area contributed by atoms with Crippen molar-refractivity contribution in [3.05, 3.63) is 18.2 Å². The Balaban J connectivity index is 2.94. The van der Waals surface area contributed by atoms with E-state index in [2.05, 4.69) is 4.72 Å². The summed E-state index contributed by atoms with van der Waals surface area (Å²) in [6, 6.07) is 4.94. The average Bonchev–Trinajstić information content (AvgIpc) is 2.29. The maximum absolute atomic E-state index is 11.6. The van der Waals surface area contributed by atoms with Gasteiger partial charge in [-0.1, -0.05) is 6.92 Å². The lowest BCUT2D eigenvalue weighted by Gasteiger charge is -2.12. The molecule has 0 aliphatic carbocycles. The van der Waals surface area contributed by atoms with Gasteiger partial charge in [0.25, 0.3) is 0 Å². The fourth-order valence-electron chi connectivity index (χ4n) is 1.51. The highest BCUT2D eigenvalue weighted by Gasteiger charge is 2.11. The second kappa shape index (κ2) is 6.49. The summed E-state index contributed by atoms with van der Waals surface area (Å²) in [4.78, 5) is 0. The zero-order valence-electron chi connectivity index (χ0n) is 10.9. The Bertz CT molecular complexity index is 485. The second-order valence-corrected chi connectivity index (χ2v) is 5.56. The van der Waals surface area contributed by atoms with Crippen molar-refractivity contribution < 1.29 is 17.9 Å². The van der Waals surface area contributed by atoms with E-state index in [-0.39, 0.29) is 5.75 Å². The number of nitrogens with one attached hydrogen (secondary N) is 1. The van der Waals surface area contributed by atoms with Crippen LogP contribution in [0.1, 0.15) is 20.3 Å². The summed E-state index contributed by atoms with van der Waals surface area (Å²) in [6.45, 7) is 4.16. The molecule has 0 heterocycles. The molecule has 0 aliphatic heterocycles. The van der Waals surface area contributed by atoms with Crippen molar-refractivity contribution in [2.45, 2.75) is 20.3 Å². The third-order valence-electron chi connectivity index (χ3n) is 2.21. The summed E-state index contributed by atoms with van der Waals surface area (Å²) in [5.74, 6) is 1.20. The van der Waals surface area contributed by atoms with E-state index in [1.54, 1.807) is 25.3 Å². The number of anilines is 1. The molecule has 0 unspecified atom stereocenters. The summed E-state index contributed by atoms with van der Waals surface area (Å²) in [6.07, 6.45) is 0.573. The number of ether oxygens (including phenoxy) is 2. The van der Waals surface area contributed by atoms with Crippen LogP contribution in [0.4, 0.5) is 5.69 Å². The fourth-order valence-corrected chi connectivity index (χ4v) is 2.63. The minimum Gasteiger partial charge on any atom is -0.493 e. The average molecular weight is 273 g/mol. The van der Waals surface area contributed by atoms with Crippen molar-refractivity contribution in [2.24, 2.45) is 0 Å². The monoisotopic (exact) mass is 273 g/mol. The lowest BCUT2D eigenvalue weighted by molar-refractivity contribution is 0.311. The first kappa shape index (κ1) is 14.6. The van der Waals surface area contributed by atoms with Crippen LogP contribution in [0.15, 0.2) is 18.2 Å². The minimum atomic E-state index is -3.28. The Kier molecular flexibility index (Phi) is 5.27. The van der Waals surface area contributed by atoms with Crippen LogP contribution >= 0.6 is 0 Å². The molecule has 1 aromatic rings. The summed E-state index contributed by atoms with van der Waals surface area (Å²) in [5.41, 5.74) is 0.479. The molecule has 0 fully saturated rings. The molecule has 0 bridgehead atoms. The third kappa shape index (κ3) is 4.10. The van der Waals surface area contributed by atoms with Gasteiger partial charge in [-0.15, -0.1) is 0 Å². The van der Waals surface area contributed by atoms with Gasteiger partial charge >= 0.3 is 0 Å². The highest BCUT2D eigenvalue weighted by atomic mass is 32.2. The molecule has 6 heteroatoms. The number of sulfonamides is 1. The van der Waals surface area contributed by atoms with E-state index >= 15 is 0 Å². The van der Waals surface area contributed by atoms with Crippen molar-refractivity contribution in [2.75, 3.05) is 24.2 Å². The van der Waals surface area contributed by atoms with Crippen LogP contribution in [0.25, 0.3) is 0 Å². The Labute approximate surface area is 108 Å². The van der Waals surface area contributed by atoms with Crippen molar-refractivity contribution >= 4 is 15.7 Å². The van der Waals surface area contributed by atoms with Gasteiger partial charge in [0, 0.05) is 6.07 Å². The van der Waals surface area contributed by atoms with E-state index in [0.29, 0.717) is 30.2 Å². The van der Waals surface area contributed by atoms with Crippen LogP contribution in [0.2, 0.25) is 0 Å². The maximum Gasteiger partial charge on any atom is 0.232 e. The molecular weight excluding hydrogens is 254 g/mol. The highest BCUT2D eigenvalue weighted by Crippen LogP contribution is 2.30. The van der Waals surface area contributed by atoms with Crippen LogP contribution in [0.5, 0.6) is 11.5 Å². The molecule has 102 valence electrons. The molecule has 5 nitrogen and oxygen atoms in total. The molecule has 0 aliphatic rings. The Morgan fingerprint density at radius 3 is 2.50 bits per heavy atom. The topological polar surface area (TPSA) is 64.6 Å². The predicted octanol–water partition coefficient (Wildman–Crippen LogP) is 2.25. The highest BCUT2D eigenvalue weighted by molar-refractivity contribution is 7.92. The number of methoxy groups -OCH3 is 1. The van der Waals surface area contributed by atoms with Crippen molar-refractivity contribution in [3.8, 4) is 11.5 Å². The van der Waals surface area contributed by atoms with Crippen LogP contribution in [-0.2, 0) is 10.0 Å². The normalized spacial score (nSPS) is 11.1. The predicted molar refractivity (Wildman–Crippen MR) is 71.9 cm³/mol. The zero-order chi connectivity index (χ0) is 13.6. The van der Waals surface area contributed by atoms with Gasteiger partial charge in [0.15, 0.2) is 11.5 Å². The second-order valence-electron chi connectivity index (χ2n) is 3.72. The van der Waals surface area contributed by atoms with Crippen molar-refractivity contribution in [1.82, 2.24) is 0 Å². The lowest BCUT2D eigenvalue weighted by atomic mass is 10.3. The molecule has 0 radical (unpaired) electrons. The quantitative estimate of drug-likeness (QED) is 0.827. The van der Waals surface area contributed by atoms with Crippen LogP contribution < -0.4 is 14.2 Å². The standard InChI is InChI=1S/C12H19NO4S/c1-4-8-18(14,15)13-10-6-7-11(16-3)12(9-10)17-5-2/h6-7,9,13H,4-5,8H2,1-3H3. The zero-order valence-corrected chi connectivity index (χ0v) is 11.7. The van der Waals surface area contributed by atoms with Gasteiger partial charge < -0.3 is 9.47 Å². The lowest BCUT2D eigenvalue weighted by Crippen LogP contribution is -2.16. The molecule has 0 spiro atoms. The minimum absolute atomic E-state index is 0.100. The largest absolute Gasteiger partial charge is 0.493 e. The van der Waals surface area contributed by atoms with Gasteiger partial charge in [-0.05, 0) is 25.5 Å². The smallest absolute Gasteiger partial charge is 0.232 e. The molecule has 1 N–H and O–H groups in total. The summed E-state index contributed by atoms with van der Waals surface area (Å²) >= 11 is 0. The Morgan fingerprint density at radius 2 is 1.94 bits per heavy atom. The van der Waals surface area contributed by atoms with E-state index in [1.807, 2.05) is 13.8 Å². The van der Waals surface area contributed by atoms with Crippen molar-refractivity contribution in [1.29, 1.82) is 0 Å². The maximum atomic E-state index is 11.6. The summed E-state index contributed by atoms with van der Waals surface area (Å²) in [7, 11) is -1.74. The Morgan fingerprint density at radius 1 is 1.22 bits per heavy atom. The molecule has 0 amide bonds. The fraction of sp³-hybridized carbons (Fsp3) is 0.500. The molecule has 0 aromatic heterocycles. The van der Waals surface area contributed by atoms with Crippen LogP contribution in [-0.4, -0.2) is 27.9 Å². The van der Waals surface area contributed by atoms with Crippen molar-refractivity contribution in [3.63, 3.8) is 0 Å². The molecule has 0 atom stereocenters. The molecule has 0 saturated carbocycles. The summed E-state index contributed by atoms with van der Waals surface area (Å²) in [5, 5.41) is 0. The Hall–Kier alpha value is -1.43. The number of hydrogen-bond donors (Lipinski definition) is 1. The van der Waals surface area contributed by atoms with Crippen LogP contribution in [0, 0.1) is 0 Å². The number of benzene rings is 1. The molecule has 18 heavy (non-hydrogen) atoms. The molecule has 0 saturated heterocycles. The van der Waals surface area contributed by atoms with E-state index in [9.17, 15) is 8.42 Å². The molecule has 1 rings (SSSR count). The molecular formula is C12H19NO4S. The first-order valence-electron chi connectivity index (χ1n) is 5.83. The van der Waals surface area contributed by atoms with Gasteiger partial charge in [-0.25, -0.2) is 8.42 Å².